The van der Waals surface area contributed by atoms with Gasteiger partial charge in [-0.3, -0.25) is 4.79 Å². The Morgan fingerprint density at radius 1 is 1.31 bits per heavy atom. The molecule has 1 aromatic heterocycles. The van der Waals surface area contributed by atoms with E-state index in [1.807, 2.05) is 42.2 Å². The van der Waals surface area contributed by atoms with Crippen LogP contribution in [-0.2, 0) is 0 Å². The highest BCUT2D eigenvalue weighted by molar-refractivity contribution is 5.97. The number of carbonyl (C=O) groups is 1. The van der Waals surface area contributed by atoms with E-state index in [4.69, 9.17) is 10.5 Å². The smallest absolute Gasteiger partial charge is 0.341 e. The lowest BCUT2D eigenvalue weighted by Crippen LogP contribution is -2.30. The predicted molar refractivity (Wildman–Crippen MR) is 119 cm³/mol. The molecule has 3 atom stereocenters. The molecule has 2 aromatic carbocycles. The number of halogens is 1. The monoisotopic (exact) mass is 437 g/mol. The largest absolute Gasteiger partial charge is 0.487 e. The van der Waals surface area contributed by atoms with Gasteiger partial charge in [0.15, 0.2) is 11.6 Å². The molecule has 3 aromatic rings. The van der Waals surface area contributed by atoms with Crippen LogP contribution >= 0.6 is 0 Å². The number of benzene rings is 2. The van der Waals surface area contributed by atoms with Crippen molar-refractivity contribution in [2.75, 3.05) is 24.6 Å². The first kappa shape index (κ1) is 20.5. The third-order valence-electron chi connectivity index (χ3n) is 6.61. The van der Waals surface area contributed by atoms with Crippen LogP contribution in [0.25, 0.3) is 10.9 Å². The molecule has 0 amide bonds. The van der Waals surface area contributed by atoms with E-state index in [0.717, 1.165) is 18.1 Å². The molecule has 1 fully saturated rings. The van der Waals surface area contributed by atoms with Gasteiger partial charge in [0.1, 0.15) is 17.9 Å². The number of nitrogens with two attached hydrogens (primary N) is 1. The molecule has 166 valence electrons. The Balaban J connectivity index is 1.59. The number of nitrogens with zero attached hydrogens (tertiary/aromatic N) is 2. The minimum atomic E-state index is -1.33. The molecule has 2 aliphatic rings. The van der Waals surface area contributed by atoms with Crippen molar-refractivity contribution in [3.63, 3.8) is 0 Å². The molecule has 3 N–H and O–H groups in total. The van der Waals surface area contributed by atoms with Crippen molar-refractivity contribution in [1.82, 2.24) is 4.57 Å². The molecule has 1 saturated heterocycles. The number of hydrogen-bond acceptors (Lipinski definition) is 5. The third-order valence-corrected chi connectivity index (χ3v) is 6.61. The molecule has 0 aliphatic carbocycles. The summed E-state index contributed by atoms with van der Waals surface area (Å²) in [5.74, 6) is -1.50. The molecule has 0 radical (unpaired) electrons. The summed E-state index contributed by atoms with van der Waals surface area (Å²) in [6, 6.07) is 10.6. The van der Waals surface area contributed by atoms with Gasteiger partial charge in [0.05, 0.1) is 16.9 Å². The van der Waals surface area contributed by atoms with Crippen molar-refractivity contribution in [3.8, 4) is 5.75 Å². The first-order valence-corrected chi connectivity index (χ1v) is 10.7. The SMILES string of the molecule is CC1COc2c(N3CCC([C@@H](N)c4ccccc4)C3)c(F)cc3c(=O)c(C(=O)O)cn1c23. The molecule has 2 unspecified atom stereocenters. The van der Waals surface area contributed by atoms with E-state index in [1.54, 1.807) is 4.57 Å². The quantitative estimate of drug-likeness (QED) is 0.650. The first-order valence-electron chi connectivity index (χ1n) is 10.7. The zero-order chi connectivity index (χ0) is 22.6. The summed E-state index contributed by atoms with van der Waals surface area (Å²) in [5, 5.41) is 9.45. The van der Waals surface area contributed by atoms with E-state index >= 15 is 4.39 Å². The van der Waals surface area contributed by atoms with Gasteiger partial charge in [-0.05, 0) is 30.9 Å². The zero-order valence-corrected chi connectivity index (χ0v) is 17.6. The highest BCUT2D eigenvalue weighted by Gasteiger charge is 2.34. The second-order valence-corrected chi connectivity index (χ2v) is 8.61. The fraction of sp³-hybridized carbons (Fsp3) is 0.333. The molecule has 8 heteroatoms. The van der Waals surface area contributed by atoms with Gasteiger partial charge < -0.3 is 25.0 Å². The summed E-state index contributed by atoms with van der Waals surface area (Å²) in [7, 11) is 0. The van der Waals surface area contributed by atoms with E-state index in [9.17, 15) is 14.7 Å². The maximum absolute atomic E-state index is 15.4. The number of pyridine rings is 1. The van der Waals surface area contributed by atoms with Crippen molar-refractivity contribution in [3.05, 3.63) is 69.8 Å². The van der Waals surface area contributed by atoms with Crippen molar-refractivity contribution >= 4 is 22.6 Å². The van der Waals surface area contributed by atoms with Gasteiger partial charge in [0.25, 0.3) is 0 Å². The molecule has 0 saturated carbocycles. The standard InChI is InChI=1S/C24H24FN3O4/c1-13-12-32-23-20-16(22(29)17(24(30)31)11-28(13)20)9-18(25)21(23)27-8-7-15(10-27)19(26)14-5-3-2-4-6-14/h2-6,9,11,13,15,19H,7-8,10,12,26H2,1H3,(H,30,31)/t13?,15?,19-/m0/s1. The van der Waals surface area contributed by atoms with E-state index in [2.05, 4.69) is 0 Å². The fourth-order valence-corrected chi connectivity index (χ4v) is 4.89. The molecule has 0 bridgehead atoms. The average Bonchev–Trinajstić information content (AvgIpc) is 3.26. The van der Waals surface area contributed by atoms with E-state index in [-0.39, 0.29) is 35.6 Å². The van der Waals surface area contributed by atoms with Crippen LogP contribution in [0, 0.1) is 11.7 Å². The van der Waals surface area contributed by atoms with E-state index in [0.29, 0.717) is 30.0 Å². The van der Waals surface area contributed by atoms with Crippen molar-refractivity contribution in [1.29, 1.82) is 0 Å². The van der Waals surface area contributed by atoms with Gasteiger partial charge in [-0.25, -0.2) is 9.18 Å². The Hall–Kier alpha value is -3.39. The van der Waals surface area contributed by atoms with Gasteiger partial charge in [0, 0.05) is 25.3 Å². The molecule has 2 aliphatic heterocycles. The summed E-state index contributed by atoms with van der Waals surface area (Å²) in [5.41, 5.74) is 7.21. The van der Waals surface area contributed by atoms with Crippen LogP contribution in [0.3, 0.4) is 0 Å². The zero-order valence-electron chi connectivity index (χ0n) is 17.6. The maximum Gasteiger partial charge on any atom is 0.341 e. The molecular formula is C24H24FN3O4. The van der Waals surface area contributed by atoms with Crippen LogP contribution in [0.4, 0.5) is 10.1 Å². The lowest BCUT2D eigenvalue weighted by atomic mass is 9.93. The number of aromatic carboxylic acids is 1. The van der Waals surface area contributed by atoms with Crippen LogP contribution in [0.2, 0.25) is 0 Å². The normalized spacial score (nSPS) is 20.9. The summed E-state index contributed by atoms with van der Waals surface area (Å²) >= 11 is 0. The average molecular weight is 437 g/mol. The van der Waals surface area contributed by atoms with Gasteiger partial charge >= 0.3 is 5.97 Å². The van der Waals surface area contributed by atoms with E-state index < -0.39 is 17.2 Å². The second-order valence-electron chi connectivity index (χ2n) is 8.61. The lowest BCUT2D eigenvalue weighted by molar-refractivity contribution is 0.0694. The number of carboxylic acids is 1. The number of rotatable bonds is 4. The highest BCUT2D eigenvalue weighted by atomic mass is 19.1. The summed E-state index contributed by atoms with van der Waals surface area (Å²) in [6.45, 7) is 3.28. The molecule has 32 heavy (non-hydrogen) atoms. The van der Waals surface area contributed by atoms with Crippen LogP contribution < -0.4 is 20.8 Å². The number of anilines is 1. The minimum absolute atomic E-state index is 0.0180. The summed E-state index contributed by atoms with van der Waals surface area (Å²) in [6.07, 6.45) is 2.14. The molecule has 0 spiro atoms. The van der Waals surface area contributed by atoms with Crippen LogP contribution in [0.1, 0.15) is 41.3 Å². The van der Waals surface area contributed by atoms with Gasteiger partial charge in [-0.1, -0.05) is 30.3 Å². The molecule has 5 rings (SSSR count). The molecule has 3 heterocycles. The highest BCUT2D eigenvalue weighted by Crippen LogP contribution is 2.44. The summed E-state index contributed by atoms with van der Waals surface area (Å²) in [4.78, 5) is 26.2. The Morgan fingerprint density at radius 2 is 2.06 bits per heavy atom. The van der Waals surface area contributed by atoms with E-state index in [1.165, 1.54) is 6.20 Å². The summed E-state index contributed by atoms with van der Waals surface area (Å²) < 4.78 is 23.0. The van der Waals surface area contributed by atoms with Gasteiger partial charge in [-0.2, -0.15) is 0 Å². The first-order chi connectivity index (χ1) is 15.4. The number of ether oxygens (including phenoxy) is 1. The second kappa shape index (κ2) is 7.63. The third kappa shape index (κ3) is 3.14. The van der Waals surface area contributed by atoms with Gasteiger partial charge in [-0.15, -0.1) is 0 Å². The number of aromatic nitrogens is 1. The van der Waals surface area contributed by atoms with Crippen molar-refractivity contribution in [2.45, 2.75) is 25.4 Å². The Morgan fingerprint density at radius 3 is 2.78 bits per heavy atom. The maximum atomic E-state index is 15.4. The molecule has 7 nitrogen and oxygen atoms in total. The fourth-order valence-electron chi connectivity index (χ4n) is 4.89. The van der Waals surface area contributed by atoms with Crippen LogP contribution in [0.5, 0.6) is 5.75 Å². The lowest BCUT2D eigenvalue weighted by Gasteiger charge is -2.31. The Labute approximate surface area is 183 Å². The van der Waals surface area contributed by atoms with Crippen molar-refractivity contribution in [2.24, 2.45) is 11.7 Å². The number of hydrogen-bond donors (Lipinski definition) is 2. The molecular weight excluding hydrogens is 413 g/mol. The van der Waals surface area contributed by atoms with Gasteiger partial charge in [0.2, 0.25) is 5.43 Å². The number of carboxylic acid groups (broad SMARTS) is 1. The van der Waals surface area contributed by atoms with Crippen LogP contribution in [-0.4, -0.2) is 35.3 Å². The minimum Gasteiger partial charge on any atom is -0.487 e. The Kier molecular flexibility index (Phi) is 4.89. The predicted octanol–water partition coefficient (Wildman–Crippen LogP) is 3.32. The topological polar surface area (TPSA) is 97.8 Å². The van der Waals surface area contributed by atoms with Crippen molar-refractivity contribution < 1.29 is 19.0 Å². The van der Waals surface area contributed by atoms with Crippen LogP contribution in [0.15, 0.2) is 47.4 Å². The Bertz CT molecular complexity index is 1270.